The van der Waals surface area contributed by atoms with Crippen molar-refractivity contribution in [3.8, 4) is 11.5 Å². The molecule has 2 rings (SSSR count). The van der Waals surface area contributed by atoms with Crippen molar-refractivity contribution in [3.63, 3.8) is 0 Å². The fourth-order valence-electron chi connectivity index (χ4n) is 1.50. The highest BCUT2D eigenvalue weighted by Gasteiger charge is 2.22. The first-order chi connectivity index (χ1) is 8.10. The molecule has 1 aliphatic rings. The molecule has 1 fully saturated rings. The first-order valence-electron chi connectivity index (χ1n) is 4.97. The van der Waals surface area contributed by atoms with Crippen LogP contribution in [0.1, 0.15) is 12.0 Å². The Labute approximate surface area is 103 Å². The molecule has 2 N–H and O–H groups in total. The number of rotatable bonds is 2. The molecule has 5 heteroatoms. The number of ether oxygens (including phenoxy) is 1. The zero-order chi connectivity index (χ0) is 12.4. The first-order valence-corrected chi connectivity index (χ1v) is 5.79. The van der Waals surface area contributed by atoms with Gasteiger partial charge in [0.2, 0.25) is 0 Å². The number of phenolic OH excluding ortho intramolecular Hbond substituents is 1. The number of nitrogens with one attached hydrogen (secondary N) is 1. The van der Waals surface area contributed by atoms with Gasteiger partial charge in [0, 0.05) is 0 Å². The number of carbonyl (C=O) groups excluding carboxylic acids is 1. The molecule has 1 heterocycles. The van der Waals surface area contributed by atoms with Crippen LogP contribution in [0.3, 0.4) is 0 Å². The first kappa shape index (κ1) is 11.7. The Morgan fingerprint density at radius 1 is 1.53 bits per heavy atom. The molecule has 1 aromatic rings. The normalized spacial score (nSPS) is 17.8. The van der Waals surface area contributed by atoms with Crippen LogP contribution in [-0.4, -0.2) is 23.0 Å². The van der Waals surface area contributed by atoms with E-state index in [1.54, 1.807) is 18.2 Å². The van der Waals surface area contributed by atoms with E-state index in [1.807, 2.05) is 0 Å². The summed E-state index contributed by atoms with van der Waals surface area (Å²) in [4.78, 5) is 12.1. The van der Waals surface area contributed by atoms with Crippen molar-refractivity contribution in [3.05, 3.63) is 28.7 Å². The van der Waals surface area contributed by atoms with Gasteiger partial charge in [-0.2, -0.15) is 0 Å². The summed E-state index contributed by atoms with van der Waals surface area (Å²) in [5.74, 6) is 0.393. The number of ketones is 1. The maximum atomic E-state index is 11.5. The summed E-state index contributed by atoms with van der Waals surface area (Å²) < 4.78 is 4.98. The van der Waals surface area contributed by atoms with E-state index in [1.165, 1.54) is 24.9 Å². The van der Waals surface area contributed by atoms with Crippen molar-refractivity contribution in [2.45, 2.75) is 6.42 Å². The summed E-state index contributed by atoms with van der Waals surface area (Å²) >= 11 is 1.18. The molecule has 88 valence electrons. The van der Waals surface area contributed by atoms with Gasteiger partial charge in [0.15, 0.2) is 17.3 Å². The van der Waals surface area contributed by atoms with Gasteiger partial charge in [0.1, 0.15) is 0 Å². The summed E-state index contributed by atoms with van der Waals surface area (Å²) in [6.07, 6.45) is 1.89. The zero-order valence-electron chi connectivity index (χ0n) is 9.19. The SMILES string of the molecule is COc1cc(/C=C2\SC(=N)CC2=O)ccc1O. The van der Waals surface area contributed by atoms with Crippen LogP contribution >= 0.6 is 11.8 Å². The van der Waals surface area contributed by atoms with Gasteiger partial charge in [-0.05, 0) is 23.8 Å². The number of Topliss-reactive ketones (excluding diaryl/α,β-unsaturated/α-hetero) is 1. The van der Waals surface area contributed by atoms with Gasteiger partial charge in [0.05, 0.1) is 23.5 Å². The quantitative estimate of drug-likeness (QED) is 0.790. The highest BCUT2D eigenvalue weighted by atomic mass is 32.2. The number of hydrogen-bond acceptors (Lipinski definition) is 5. The molecule has 0 atom stereocenters. The summed E-state index contributed by atoms with van der Waals surface area (Å²) in [5.41, 5.74) is 0.769. The number of aromatic hydroxyl groups is 1. The minimum Gasteiger partial charge on any atom is -0.504 e. The second-order valence-electron chi connectivity index (χ2n) is 3.57. The Kier molecular flexibility index (Phi) is 3.19. The maximum absolute atomic E-state index is 11.5. The second kappa shape index (κ2) is 4.63. The number of carbonyl (C=O) groups is 1. The van der Waals surface area contributed by atoms with Crippen molar-refractivity contribution in [1.82, 2.24) is 0 Å². The largest absolute Gasteiger partial charge is 0.504 e. The summed E-state index contributed by atoms with van der Waals surface area (Å²) in [6.45, 7) is 0. The molecular formula is C12H11NO3S. The van der Waals surface area contributed by atoms with Crippen LogP contribution < -0.4 is 4.74 Å². The number of benzene rings is 1. The zero-order valence-corrected chi connectivity index (χ0v) is 10.0. The van der Waals surface area contributed by atoms with E-state index in [0.29, 0.717) is 15.7 Å². The lowest BCUT2D eigenvalue weighted by Gasteiger charge is -2.04. The Morgan fingerprint density at radius 2 is 2.29 bits per heavy atom. The van der Waals surface area contributed by atoms with Gasteiger partial charge in [0.25, 0.3) is 0 Å². The minimum absolute atomic E-state index is 0.0351. The Morgan fingerprint density at radius 3 is 2.88 bits per heavy atom. The van der Waals surface area contributed by atoms with Crippen LogP contribution in [0.15, 0.2) is 23.1 Å². The third-order valence-electron chi connectivity index (χ3n) is 2.33. The number of allylic oxidation sites excluding steroid dienone is 1. The van der Waals surface area contributed by atoms with Crippen molar-refractivity contribution >= 4 is 28.7 Å². The maximum Gasteiger partial charge on any atom is 0.176 e. The molecule has 1 saturated heterocycles. The van der Waals surface area contributed by atoms with Crippen LogP contribution in [0.4, 0.5) is 0 Å². The lowest BCUT2D eigenvalue weighted by Crippen LogP contribution is -1.91. The van der Waals surface area contributed by atoms with E-state index in [0.717, 1.165) is 5.56 Å². The molecule has 4 nitrogen and oxygen atoms in total. The third kappa shape index (κ3) is 2.50. The molecular weight excluding hydrogens is 238 g/mol. The number of thioether (sulfide) groups is 1. The van der Waals surface area contributed by atoms with Crippen molar-refractivity contribution in [1.29, 1.82) is 5.41 Å². The molecule has 0 spiro atoms. The van der Waals surface area contributed by atoms with Crippen LogP contribution in [0.5, 0.6) is 11.5 Å². The van der Waals surface area contributed by atoms with Gasteiger partial charge in [-0.3, -0.25) is 10.2 Å². The molecule has 0 aromatic heterocycles. The van der Waals surface area contributed by atoms with Gasteiger partial charge >= 0.3 is 0 Å². The molecule has 0 radical (unpaired) electrons. The average Bonchev–Trinajstić information content (AvgIpc) is 2.60. The van der Waals surface area contributed by atoms with Crippen molar-refractivity contribution < 1.29 is 14.6 Å². The molecule has 0 amide bonds. The second-order valence-corrected chi connectivity index (χ2v) is 4.70. The van der Waals surface area contributed by atoms with Gasteiger partial charge in [-0.1, -0.05) is 17.8 Å². The number of phenols is 1. The van der Waals surface area contributed by atoms with Gasteiger partial charge in [-0.15, -0.1) is 0 Å². The lowest BCUT2D eigenvalue weighted by atomic mass is 10.1. The van der Waals surface area contributed by atoms with Crippen molar-refractivity contribution in [2.24, 2.45) is 0 Å². The predicted molar refractivity (Wildman–Crippen MR) is 67.6 cm³/mol. The highest BCUT2D eigenvalue weighted by molar-refractivity contribution is 8.18. The van der Waals surface area contributed by atoms with E-state index in [2.05, 4.69) is 0 Å². The average molecular weight is 249 g/mol. The number of methoxy groups -OCH3 is 1. The van der Waals surface area contributed by atoms with Gasteiger partial charge in [-0.25, -0.2) is 0 Å². The van der Waals surface area contributed by atoms with E-state index < -0.39 is 0 Å². The predicted octanol–water partition coefficient (Wildman–Crippen LogP) is 2.42. The standard InChI is InChI=1S/C12H11NO3S/c1-16-10-4-7(2-3-8(10)14)5-11-9(15)6-12(13)17-11/h2-5,13-14H,6H2,1H3/b11-5-,13-12?. The molecule has 0 saturated carbocycles. The fraction of sp³-hybridized carbons (Fsp3) is 0.167. The van der Waals surface area contributed by atoms with Crippen LogP contribution in [-0.2, 0) is 4.79 Å². The Bertz CT molecular complexity index is 522. The van der Waals surface area contributed by atoms with E-state index in [-0.39, 0.29) is 18.0 Å². The van der Waals surface area contributed by atoms with E-state index in [4.69, 9.17) is 10.1 Å². The monoisotopic (exact) mass is 249 g/mol. The molecule has 1 aromatic carbocycles. The molecule has 17 heavy (non-hydrogen) atoms. The van der Waals surface area contributed by atoms with E-state index >= 15 is 0 Å². The molecule has 1 aliphatic heterocycles. The molecule has 0 aliphatic carbocycles. The Balaban J connectivity index is 2.33. The fourth-order valence-corrected chi connectivity index (χ4v) is 2.35. The smallest absolute Gasteiger partial charge is 0.176 e. The topological polar surface area (TPSA) is 70.4 Å². The number of hydrogen-bond donors (Lipinski definition) is 2. The lowest BCUT2D eigenvalue weighted by molar-refractivity contribution is -0.113. The van der Waals surface area contributed by atoms with Gasteiger partial charge < -0.3 is 9.84 Å². The molecule has 0 unspecified atom stereocenters. The summed E-state index contributed by atoms with van der Waals surface area (Å²) in [5, 5.41) is 17.2. The summed E-state index contributed by atoms with van der Waals surface area (Å²) in [6, 6.07) is 4.86. The van der Waals surface area contributed by atoms with Crippen LogP contribution in [0.25, 0.3) is 6.08 Å². The van der Waals surface area contributed by atoms with Crippen LogP contribution in [0, 0.1) is 5.41 Å². The Hall–Kier alpha value is -1.75. The minimum atomic E-state index is -0.0351. The molecule has 0 bridgehead atoms. The summed E-state index contributed by atoms with van der Waals surface area (Å²) in [7, 11) is 1.47. The highest BCUT2D eigenvalue weighted by Crippen LogP contribution is 2.33. The third-order valence-corrected chi connectivity index (χ3v) is 3.29. The van der Waals surface area contributed by atoms with E-state index in [9.17, 15) is 9.90 Å². The van der Waals surface area contributed by atoms with Crippen LogP contribution in [0.2, 0.25) is 0 Å². The van der Waals surface area contributed by atoms with Crippen molar-refractivity contribution in [2.75, 3.05) is 7.11 Å².